The van der Waals surface area contributed by atoms with Gasteiger partial charge in [-0.05, 0) is 142 Å². The first-order valence-electron chi connectivity index (χ1n) is 25.1. The molecule has 16 heteroatoms. The zero-order chi connectivity index (χ0) is 53.8. The Balaban J connectivity index is 0.000000580. The van der Waals surface area contributed by atoms with Crippen molar-refractivity contribution in [3.63, 3.8) is 0 Å². The average molecular weight is 1000 g/mol. The van der Waals surface area contributed by atoms with Gasteiger partial charge >= 0.3 is 0 Å². The fourth-order valence-electron chi connectivity index (χ4n) is 8.77. The van der Waals surface area contributed by atoms with Gasteiger partial charge in [0.1, 0.15) is 36.8 Å². The zero-order valence-electron chi connectivity index (χ0n) is 43.8. The SMILES string of the molecule is C=C(C)C1CC1C(=C)C.CCN.Cc1cc(C2CC2c2ccccc2)ccc1C(=O)NCC(=O)N(C)C1C(=O)N[C@@H](C)C(=O)NC(C)Cc2ccc(OCCN)c(c2)-c2cc1ccc2OCCN.NCNC=O. The van der Waals surface area contributed by atoms with Crippen molar-refractivity contribution in [2.45, 2.75) is 90.8 Å². The van der Waals surface area contributed by atoms with Crippen molar-refractivity contribution in [3.8, 4) is 22.6 Å². The van der Waals surface area contributed by atoms with E-state index in [0.717, 1.165) is 35.9 Å². The number of fused-ring (bicyclic) bond motifs is 5. The van der Waals surface area contributed by atoms with Crippen molar-refractivity contribution in [1.82, 2.24) is 26.2 Å². The molecule has 12 N–H and O–H groups in total. The van der Waals surface area contributed by atoms with Crippen LogP contribution in [0, 0.1) is 18.8 Å². The Morgan fingerprint density at radius 3 is 1.88 bits per heavy atom. The Morgan fingerprint density at radius 1 is 0.767 bits per heavy atom. The molecule has 0 spiro atoms. The van der Waals surface area contributed by atoms with Gasteiger partial charge in [-0.1, -0.05) is 85.8 Å². The van der Waals surface area contributed by atoms with Crippen LogP contribution >= 0.6 is 0 Å². The summed E-state index contributed by atoms with van der Waals surface area (Å²) in [7, 11) is 1.50. The van der Waals surface area contributed by atoms with Crippen LogP contribution in [-0.2, 0) is 25.6 Å². The summed E-state index contributed by atoms with van der Waals surface area (Å²) in [6.45, 7) is 21.0. The van der Waals surface area contributed by atoms with Gasteiger partial charge in [-0.25, -0.2) is 0 Å². The highest BCUT2D eigenvalue weighted by Crippen LogP contribution is 2.54. The normalized spacial score (nSPS) is 20.3. The lowest BCUT2D eigenvalue weighted by Crippen LogP contribution is -2.52. The van der Waals surface area contributed by atoms with Gasteiger partial charge in [0.15, 0.2) is 0 Å². The summed E-state index contributed by atoms with van der Waals surface area (Å²) in [5.74, 6) is 1.62. The van der Waals surface area contributed by atoms with Crippen molar-refractivity contribution >= 4 is 30.0 Å². The molecule has 0 aromatic heterocycles. The molecule has 7 atom stereocenters. The number of carbonyl (C=O) groups is 5. The van der Waals surface area contributed by atoms with E-state index in [1.165, 1.54) is 40.6 Å². The molecule has 394 valence electrons. The molecule has 1 heterocycles. The Labute approximate surface area is 432 Å². The number of ether oxygens (including phenoxy) is 2. The van der Waals surface area contributed by atoms with E-state index in [1.54, 1.807) is 25.1 Å². The molecule has 0 radical (unpaired) electrons. The smallest absolute Gasteiger partial charge is 0.251 e. The molecule has 1 aliphatic heterocycles. The summed E-state index contributed by atoms with van der Waals surface area (Å²) >= 11 is 0. The van der Waals surface area contributed by atoms with Gasteiger partial charge in [0, 0.05) is 42.9 Å². The van der Waals surface area contributed by atoms with Gasteiger partial charge < -0.3 is 58.6 Å². The summed E-state index contributed by atoms with van der Waals surface area (Å²) in [5, 5.41) is 10.8. The second-order valence-corrected chi connectivity index (χ2v) is 18.8. The molecular weight excluding hydrogens is 923 g/mol. The summed E-state index contributed by atoms with van der Waals surface area (Å²) in [5.41, 5.74) is 30.4. The Bertz CT molecular complexity index is 2500. The number of aryl methyl sites for hydroxylation is 1. The van der Waals surface area contributed by atoms with Crippen molar-refractivity contribution in [2.75, 3.05) is 53.1 Å². The molecule has 7 rings (SSSR count). The van der Waals surface area contributed by atoms with Crippen LogP contribution in [0.4, 0.5) is 0 Å². The van der Waals surface area contributed by atoms with Crippen LogP contribution in [0.3, 0.4) is 0 Å². The number of carbonyl (C=O) groups excluding carboxylic acids is 5. The van der Waals surface area contributed by atoms with Crippen LogP contribution in [0.2, 0.25) is 0 Å². The van der Waals surface area contributed by atoms with Gasteiger partial charge in [-0.2, -0.15) is 0 Å². The Morgan fingerprint density at radius 2 is 1.34 bits per heavy atom. The lowest BCUT2D eigenvalue weighted by atomic mass is 9.94. The van der Waals surface area contributed by atoms with Crippen molar-refractivity contribution in [1.29, 1.82) is 0 Å². The minimum Gasteiger partial charge on any atom is -0.492 e. The summed E-state index contributed by atoms with van der Waals surface area (Å²) < 4.78 is 12.2. The Kier molecular flexibility index (Phi) is 23.3. The van der Waals surface area contributed by atoms with Crippen molar-refractivity contribution in [2.24, 2.45) is 34.8 Å². The molecular formula is C57H79N9O7. The maximum atomic E-state index is 14.2. The standard InChI is InChI=1S/C44H52N6O6.C9H14.C2H6N2O.C2H7N/c1-26-20-31(35-24-34(35)30-8-6-5-7-9-30)11-13-33(26)43(53)47-25-40(51)50(4)41-32-12-15-39(56-19-17-46)37(23-32)36-22-29(10-14-38(36)55-18-16-45)21-27(2)48-42(52)28(3)49-44(41)54;1-6(2)8-5-9(8)7(3)4;3-1-4-2-5;1-2-3/h5-15,20,22-23,27-28,34-35,41H,16-19,21,24-25,45-46H2,1-4H3,(H,47,53)(H,48,52)(H,49,54);8-9H,1,3,5H2,2,4H3;2H,1,3H2,(H,4,5);2-3H2,1H3/t27?,28-,34?,35?,41?;;;/m0.../s1. The highest BCUT2D eigenvalue weighted by molar-refractivity contribution is 5.99. The number of rotatable bonds is 16. The molecule has 2 fully saturated rings. The number of nitrogens with zero attached hydrogens (tertiary/aromatic N) is 1. The lowest BCUT2D eigenvalue weighted by molar-refractivity contribution is -0.139. The van der Waals surface area contributed by atoms with Crippen molar-refractivity contribution in [3.05, 3.63) is 143 Å². The van der Waals surface area contributed by atoms with E-state index in [2.05, 4.69) is 78.6 Å². The third-order valence-corrected chi connectivity index (χ3v) is 12.7. The van der Waals surface area contributed by atoms with E-state index in [-0.39, 0.29) is 44.9 Å². The number of nitrogens with one attached hydrogen (secondary N) is 4. The molecule has 4 bridgehead atoms. The lowest BCUT2D eigenvalue weighted by Gasteiger charge is -2.30. The van der Waals surface area contributed by atoms with E-state index < -0.39 is 29.8 Å². The van der Waals surface area contributed by atoms with Crippen LogP contribution in [0.1, 0.15) is 104 Å². The van der Waals surface area contributed by atoms with Crippen LogP contribution in [0.5, 0.6) is 11.5 Å². The maximum absolute atomic E-state index is 14.2. The van der Waals surface area contributed by atoms with Gasteiger partial charge in [-0.15, -0.1) is 0 Å². The quantitative estimate of drug-likeness (QED) is 0.0396. The topological polar surface area (TPSA) is 259 Å². The highest BCUT2D eigenvalue weighted by atomic mass is 16.5. The van der Waals surface area contributed by atoms with E-state index in [1.807, 2.05) is 57.2 Å². The van der Waals surface area contributed by atoms with Gasteiger partial charge in [0.25, 0.3) is 5.91 Å². The number of hydrogen-bond donors (Lipinski definition) is 8. The number of hydrogen-bond acceptors (Lipinski definition) is 11. The predicted octanol–water partition coefficient (Wildman–Crippen LogP) is 5.49. The van der Waals surface area contributed by atoms with Crippen LogP contribution < -0.4 is 53.7 Å². The largest absolute Gasteiger partial charge is 0.492 e. The summed E-state index contributed by atoms with van der Waals surface area (Å²) in [6.07, 6.45) is 3.43. The minimum atomic E-state index is -1.19. The monoisotopic (exact) mass is 1000 g/mol. The first kappa shape index (κ1) is 58.7. The van der Waals surface area contributed by atoms with E-state index in [9.17, 15) is 24.0 Å². The molecule has 16 nitrogen and oxygen atoms in total. The second-order valence-electron chi connectivity index (χ2n) is 18.8. The molecule has 2 saturated carbocycles. The van der Waals surface area contributed by atoms with Crippen LogP contribution in [-0.4, -0.2) is 100 Å². The number of nitrogens with two attached hydrogens (primary N) is 4. The number of allylic oxidation sites excluding steroid dienone is 2. The third-order valence-electron chi connectivity index (χ3n) is 12.7. The predicted molar refractivity (Wildman–Crippen MR) is 290 cm³/mol. The fraction of sp³-hybridized carbons (Fsp3) is 0.421. The van der Waals surface area contributed by atoms with E-state index in [0.29, 0.717) is 65.0 Å². The first-order valence-corrected chi connectivity index (χ1v) is 25.1. The fourth-order valence-corrected chi connectivity index (χ4v) is 8.77. The third kappa shape index (κ3) is 17.1. The molecule has 6 unspecified atom stereocenters. The zero-order valence-corrected chi connectivity index (χ0v) is 43.8. The average Bonchev–Trinajstić information content (AvgIpc) is 4.31. The van der Waals surface area contributed by atoms with Gasteiger partial charge in [-0.3, -0.25) is 24.0 Å². The molecule has 5 amide bonds. The number of likely N-dealkylation sites (N-methyl/N-ethyl adjacent to an activating group) is 1. The first-order chi connectivity index (χ1) is 34.9. The van der Waals surface area contributed by atoms with E-state index >= 15 is 0 Å². The van der Waals surface area contributed by atoms with Gasteiger partial charge in [0.2, 0.25) is 24.1 Å². The molecule has 3 aliphatic rings. The molecule has 4 aromatic carbocycles. The molecule has 2 aliphatic carbocycles. The maximum Gasteiger partial charge on any atom is 0.251 e. The van der Waals surface area contributed by atoms with E-state index in [4.69, 9.17) is 32.4 Å². The Hall–Kier alpha value is -6.85. The number of benzene rings is 4. The highest BCUT2D eigenvalue weighted by Gasteiger charge is 2.40. The molecule has 4 aromatic rings. The molecule has 0 saturated heterocycles. The van der Waals surface area contributed by atoms with Crippen molar-refractivity contribution < 1.29 is 33.4 Å². The minimum absolute atomic E-state index is 0.226. The summed E-state index contributed by atoms with van der Waals surface area (Å²) in [4.78, 5) is 65.2. The van der Waals surface area contributed by atoms with Crippen LogP contribution in [0.15, 0.2) is 109 Å². The van der Waals surface area contributed by atoms with Crippen LogP contribution in [0.25, 0.3) is 11.1 Å². The summed E-state index contributed by atoms with van der Waals surface area (Å²) in [6, 6.07) is 24.9. The second kappa shape index (κ2) is 29.0. The molecule has 73 heavy (non-hydrogen) atoms. The van der Waals surface area contributed by atoms with Gasteiger partial charge in [0.05, 0.1) is 13.2 Å². The number of amides is 5.